The Morgan fingerprint density at radius 3 is 2.43 bits per heavy atom. The Kier molecular flexibility index (Phi) is 4.37. The monoisotopic (exact) mass is 308 g/mol. The number of hydrogen-bond acceptors (Lipinski definition) is 3. The summed E-state index contributed by atoms with van der Waals surface area (Å²) < 4.78 is 0. The molecule has 0 aromatic heterocycles. The molecule has 0 saturated heterocycles. The van der Waals surface area contributed by atoms with E-state index in [-0.39, 0.29) is 12.0 Å². The Morgan fingerprint density at radius 1 is 1.13 bits per heavy atom. The van der Waals surface area contributed by atoms with Crippen LogP contribution in [0, 0.1) is 12.8 Å². The Hall–Kier alpha value is -2.29. The number of anilines is 2. The summed E-state index contributed by atoms with van der Waals surface area (Å²) in [7, 11) is 1.92. The SMILES string of the molecule is CNc1ccc(C(C)Nc2cc(C(=O)C3CC3)ccc2C)cc1. The van der Waals surface area contributed by atoms with Gasteiger partial charge in [0.2, 0.25) is 0 Å². The van der Waals surface area contributed by atoms with Gasteiger partial charge in [-0.3, -0.25) is 4.79 Å². The lowest BCUT2D eigenvalue weighted by Crippen LogP contribution is -2.09. The molecule has 1 atom stereocenters. The van der Waals surface area contributed by atoms with Crippen molar-refractivity contribution >= 4 is 17.2 Å². The molecule has 0 bridgehead atoms. The molecule has 23 heavy (non-hydrogen) atoms. The maximum atomic E-state index is 12.3. The van der Waals surface area contributed by atoms with Crippen LogP contribution in [0.2, 0.25) is 0 Å². The van der Waals surface area contributed by atoms with E-state index in [0.717, 1.165) is 35.3 Å². The van der Waals surface area contributed by atoms with Gasteiger partial charge in [0.05, 0.1) is 0 Å². The highest BCUT2D eigenvalue weighted by molar-refractivity contribution is 6.00. The van der Waals surface area contributed by atoms with Crippen molar-refractivity contribution in [1.82, 2.24) is 0 Å². The number of benzene rings is 2. The summed E-state index contributed by atoms with van der Waals surface area (Å²) in [5, 5.41) is 6.68. The fourth-order valence-corrected chi connectivity index (χ4v) is 2.77. The van der Waals surface area contributed by atoms with Crippen molar-refractivity contribution in [3.63, 3.8) is 0 Å². The van der Waals surface area contributed by atoms with E-state index in [1.54, 1.807) is 0 Å². The molecular formula is C20H24N2O. The fourth-order valence-electron chi connectivity index (χ4n) is 2.77. The first-order valence-corrected chi connectivity index (χ1v) is 8.27. The number of aryl methyl sites for hydroxylation is 1. The van der Waals surface area contributed by atoms with Gasteiger partial charge >= 0.3 is 0 Å². The third-order valence-electron chi connectivity index (χ3n) is 4.54. The maximum Gasteiger partial charge on any atom is 0.166 e. The molecule has 0 amide bonds. The molecule has 0 aliphatic heterocycles. The van der Waals surface area contributed by atoms with Gasteiger partial charge in [0.25, 0.3) is 0 Å². The van der Waals surface area contributed by atoms with Crippen LogP contribution in [-0.2, 0) is 0 Å². The molecule has 1 unspecified atom stereocenters. The molecule has 3 nitrogen and oxygen atoms in total. The summed E-state index contributed by atoms with van der Waals surface area (Å²) in [6, 6.07) is 14.6. The Morgan fingerprint density at radius 2 is 1.83 bits per heavy atom. The molecule has 2 aromatic rings. The second-order valence-electron chi connectivity index (χ2n) is 6.41. The highest BCUT2D eigenvalue weighted by atomic mass is 16.1. The average Bonchev–Trinajstić information content (AvgIpc) is 3.41. The number of carbonyl (C=O) groups excluding carboxylic acids is 1. The molecule has 0 radical (unpaired) electrons. The van der Waals surface area contributed by atoms with E-state index in [2.05, 4.69) is 48.7 Å². The lowest BCUT2D eigenvalue weighted by molar-refractivity contribution is 0.0967. The predicted molar refractivity (Wildman–Crippen MR) is 96.3 cm³/mol. The number of rotatable bonds is 6. The van der Waals surface area contributed by atoms with Crippen LogP contribution >= 0.6 is 0 Å². The number of Topliss-reactive ketones (excluding diaryl/α,β-unsaturated/α-hetero) is 1. The Bertz CT molecular complexity index is 702. The molecule has 2 aromatic carbocycles. The molecule has 1 aliphatic carbocycles. The second kappa shape index (κ2) is 6.45. The van der Waals surface area contributed by atoms with Crippen LogP contribution < -0.4 is 10.6 Å². The average molecular weight is 308 g/mol. The van der Waals surface area contributed by atoms with Gasteiger partial charge in [-0.1, -0.05) is 24.3 Å². The van der Waals surface area contributed by atoms with E-state index in [1.807, 2.05) is 25.2 Å². The first kappa shape index (κ1) is 15.6. The molecule has 3 rings (SSSR count). The minimum atomic E-state index is 0.186. The van der Waals surface area contributed by atoms with E-state index in [0.29, 0.717) is 5.78 Å². The maximum absolute atomic E-state index is 12.3. The van der Waals surface area contributed by atoms with Gasteiger partial charge in [0, 0.05) is 35.9 Å². The summed E-state index contributed by atoms with van der Waals surface area (Å²) >= 11 is 0. The second-order valence-corrected chi connectivity index (χ2v) is 6.41. The minimum absolute atomic E-state index is 0.186. The van der Waals surface area contributed by atoms with Crippen LogP contribution in [0.1, 0.15) is 47.3 Å². The third-order valence-corrected chi connectivity index (χ3v) is 4.54. The van der Waals surface area contributed by atoms with Gasteiger partial charge in [-0.15, -0.1) is 0 Å². The molecule has 2 N–H and O–H groups in total. The zero-order valence-electron chi connectivity index (χ0n) is 14.0. The van der Waals surface area contributed by atoms with E-state index in [4.69, 9.17) is 0 Å². The van der Waals surface area contributed by atoms with Crippen molar-refractivity contribution in [2.75, 3.05) is 17.7 Å². The molecule has 3 heteroatoms. The topological polar surface area (TPSA) is 41.1 Å². The number of hydrogen-bond donors (Lipinski definition) is 2. The van der Waals surface area contributed by atoms with Gasteiger partial charge in [-0.25, -0.2) is 0 Å². The highest BCUT2D eigenvalue weighted by Gasteiger charge is 2.30. The van der Waals surface area contributed by atoms with Crippen LogP contribution in [0.3, 0.4) is 0 Å². The minimum Gasteiger partial charge on any atom is -0.388 e. The van der Waals surface area contributed by atoms with Crippen LogP contribution in [0.4, 0.5) is 11.4 Å². The molecule has 0 spiro atoms. The van der Waals surface area contributed by atoms with Crippen molar-refractivity contribution in [2.24, 2.45) is 5.92 Å². The van der Waals surface area contributed by atoms with Crippen molar-refractivity contribution in [2.45, 2.75) is 32.7 Å². The Labute approximate surface area is 138 Å². The quantitative estimate of drug-likeness (QED) is 0.753. The molecule has 1 aliphatic rings. The zero-order valence-corrected chi connectivity index (χ0v) is 14.0. The van der Waals surface area contributed by atoms with Crippen molar-refractivity contribution in [1.29, 1.82) is 0 Å². The van der Waals surface area contributed by atoms with Gasteiger partial charge in [0.15, 0.2) is 5.78 Å². The molecule has 120 valence electrons. The van der Waals surface area contributed by atoms with Crippen molar-refractivity contribution < 1.29 is 4.79 Å². The summed E-state index contributed by atoms with van der Waals surface area (Å²) in [6.45, 7) is 4.22. The van der Waals surface area contributed by atoms with Crippen molar-refractivity contribution in [3.05, 3.63) is 59.2 Å². The van der Waals surface area contributed by atoms with Crippen LogP contribution in [0.5, 0.6) is 0 Å². The summed E-state index contributed by atoms with van der Waals surface area (Å²) in [4.78, 5) is 12.3. The van der Waals surface area contributed by atoms with E-state index in [9.17, 15) is 4.79 Å². The van der Waals surface area contributed by atoms with Gasteiger partial charge in [0.1, 0.15) is 0 Å². The summed E-state index contributed by atoms with van der Waals surface area (Å²) in [5.41, 5.74) is 5.37. The smallest absolute Gasteiger partial charge is 0.166 e. The number of ketones is 1. The molecule has 1 saturated carbocycles. The van der Waals surface area contributed by atoms with E-state index < -0.39 is 0 Å². The fraction of sp³-hybridized carbons (Fsp3) is 0.350. The molecular weight excluding hydrogens is 284 g/mol. The summed E-state index contributed by atoms with van der Waals surface area (Å²) in [5.74, 6) is 0.552. The largest absolute Gasteiger partial charge is 0.388 e. The van der Waals surface area contributed by atoms with Crippen LogP contribution in [0.25, 0.3) is 0 Å². The van der Waals surface area contributed by atoms with E-state index in [1.165, 1.54) is 5.56 Å². The van der Waals surface area contributed by atoms with Crippen molar-refractivity contribution in [3.8, 4) is 0 Å². The third kappa shape index (κ3) is 3.55. The Balaban J connectivity index is 1.77. The van der Waals surface area contributed by atoms with E-state index >= 15 is 0 Å². The van der Waals surface area contributed by atoms with Gasteiger partial charge in [-0.05, 0) is 56.0 Å². The number of carbonyl (C=O) groups is 1. The zero-order chi connectivity index (χ0) is 16.4. The first-order chi connectivity index (χ1) is 11.1. The lowest BCUT2D eigenvalue weighted by Gasteiger charge is -2.18. The van der Waals surface area contributed by atoms with Gasteiger partial charge in [-0.2, -0.15) is 0 Å². The summed E-state index contributed by atoms with van der Waals surface area (Å²) in [6.07, 6.45) is 2.09. The lowest BCUT2D eigenvalue weighted by atomic mass is 10.0. The molecule has 1 fully saturated rings. The first-order valence-electron chi connectivity index (χ1n) is 8.27. The van der Waals surface area contributed by atoms with Gasteiger partial charge < -0.3 is 10.6 Å². The normalized spacial score (nSPS) is 15.1. The predicted octanol–water partition coefficient (Wildman–Crippen LogP) is 4.80. The number of nitrogens with one attached hydrogen (secondary N) is 2. The highest BCUT2D eigenvalue weighted by Crippen LogP contribution is 2.34. The van der Waals surface area contributed by atoms with Crippen LogP contribution in [-0.4, -0.2) is 12.8 Å². The molecule has 0 heterocycles. The standard InChI is InChI=1S/C20H24N2O/c1-13-4-5-17(20(23)16-6-7-16)12-19(13)22-14(2)15-8-10-18(21-3)11-9-15/h4-5,8-12,14,16,21-22H,6-7H2,1-3H3. The van der Waals surface area contributed by atoms with Crippen LogP contribution in [0.15, 0.2) is 42.5 Å².